The van der Waals surface area contributed by atoms with Gasteiger partial charge < -0.3 is 9.40 Å². The van der Waals surface area contributed by atoms with Crippen LogP contribution in [0.2, 0.25) is 17.3 Å². The molecule has 1 radical (unpaired) electrons. The third-order valence-electron chi connectivity index (χ3n) is 7.67. The maximum atomic E-state index is 8.76. The topological polar surface area (TPSA) is 38.9 Å². The van der Waals surface area contributed by atoms with Gasteiger partial charge in [0.15, 0.2) is 0 Å². The van der Waals surface area contributed by atoms with Gasteiger partial charge in [0.1, 0.15) is 5.58 Å². The summed E-state index contributed by atoms with van der Waals surface area (Å²) in [6.45, 7) is 5.88. The van der Waals surface area contributed by atoms with Crippen LogP contribution in [-0.4, -0.2) is 23.2 Å². The molecule has 0 N–H and O–H groups in total. The van der Waals surface area contributed by atoms with Crippen molar-refractivity contribution in [2.45, 2.75) is 44.4 Å². The van der Waals surface area contributed by atoms with Gasteiger partial charge in [0.05, 0.1) is 5.58 Å². The van der Waals surface area contributed by atoms with E-state index in [0.717, 1.165) is 60.0 Å². The summed E-state index contributed by atoms with van der Waals surface area (Å²) in [5.41, 5.74) is 7.85. The molecule has 7 aromatic rings. The maximum Gasteiger partial charge on any atom is 0.121 e. The molecule has 4 aromatic carbocycles. The van der Waals surface area contributed by atoms with E-state index in [0.29, 0.717) is 0 Å². The molecule has 0 aliphatic rings. The maximum absolute atomic E-state index is 8.76. The third kappa shape index (κ3) is 8.19. The van der Waals surface area contributed by atoms with E-state index in [9.17, 15) is 0 Å². The van der Waals surface area contributed by atoms with Crippen molar-refractivity contribution in [2.24, 2.45) is 5.41 Å². The van der Waals surface area contributed by atoms with Crippen molar-refractivity contribution in [3.8, 4) is 33.6 Å². The number of pyridine rings is 2. The Morgan fingerprint density at radius 2 is 1.51 bits per heavy atom. The van der Waals surface area contributed by atoms with Gasteiger partial charge in [-0.05, 0) is 29.0 Å². The zero-order valence-electron chi connectivity index (χ0n) is 29.7. The zero-order chi connectivity index (χ0) is 34.1. The molecule has 0 saturated heterocycles. The summed E-state index contributed by atoms with van der Waals surface area (Å²) in [6.07, 6.45) is 2.29. The molecular weight excluding hydrogens is 813 g/mol. The predicted molar refractivity (Wildman–Crippen MR) is 196 cm³/mol. The Hall–Kier alpha value is -3.83. The Morgan fingerprint density at radius 3 is 2.19 bits per heavy atom. The Labute approximate surface area is 298 Å². The van der Waals surface area contributed by atoms with Gasteiger partial charge in [-0.1, -0.05) is 65.5 Å². The second-order valence-corrected chi connectivity index (χ2v) is 24.1. The molecule has 0 aliphatic carbocycles. The van der Waals surface area contributed by atoms with Crippen LogP contribution in [-0.2, 0) is 26.5 Å². The van der Waals surface area contributed by atoms with Crippen LogP contribution in [0.15, 0.2) is 126 Å². The van der Waals surface area contributed by atoms with Gasteiger partial charge in [0, 0.05) is 31.7 Å². The monoisotopic (exact) mass is 857 g/mol. The first kappa shape index (κ1) is 31.8. The number of benzene rings is 4. The number of hydrogen-bond donors (Lipinski definition) is 0. The van der Waals surface area contributed by atoms with Gasteiger partial charge in [0.25, 0.3) is 0 Å². The molecular formula is C42H40GeIrN2O-2. The quantitative estimate of drug-likeness (QED) is 0.128. The Bertz CT molecular complexity index is 2170. The molecule has 3 nitrogen and oxygen atoms in total. The van der Waals surface area contributed by atoms with Gasteiger partial charge in [-0.25, -0.2) is 0 Å². The van der Waals surface area contributed by atoms with E-state index in [1.807, 2.05) is 99.8 Å². The molecule has 0 amide bonds. The molecule has 7 rings (SSSR count). The van der Waals surface area contributed by atoms with Crippen LogP contribution < -0.4 is 4.40 Å². The van der Waals surface area contributed by atoms with Crippen LogP contribution in [0.1, 0.15) is 29.1 Å². The molecule has 0 saturated carbocycles. The van der Waals surface area contributed by atoms with Gasteiger partial charge in [-0.15, -0.1) is 18.2 Å². The SMILES string of the molecule is [2H]C([2H])(c1cc(-c2[c-]cccc2)nc[c]1[Ge]([CH3])([CH3])[CH3])C(C)(C)C.[Ir].[c-]1ccc2c(oc3cc(-c4ccccc4)ccc32)c1-c1ccccn1. The molecule has 0 fully saturated rings. The van der Waals surface area contributed by atoms with E-state index in [4.69, 9.17) is 7.16 Å². The molecule has 239 valence electrons. The van der Waals surface area contributed by atoms with Crippen LogP contribution in [0.3, 0.4) is 0 Å². The molecule has 0 spiro atoms. The van der Waals surface area contributed by atoms with E-state index < -0.39 is 25.1 Å². The average Bonchev–Trinajstić information content (AvgIpc) is 3.47. The van der Waals surface area contributed by atoms with E-state index >= 15 is 0 Å². The van der Waals surface area contributed by atoms with Gasteiger partial charge >= 0.3 is 135 Å². The number of furan rings is 1. The van der Waals surface area contributed by atoms with Crippen LogP contribution in [0, 0.1) is 17.5 Å². The molecule has 47 heavy (non-hydrogen) atoms. The number of rotatable bonds is 5. The first-order valence-electron chi connectivity index (χ1n) is 16.7. The van der Waals surface area contributed by atoms with Crippen molar-refractivity contribution in [2.75, 3.05) is 0 Å². The molecule has 3 heterocycles. The number of fused-ring (bicyclic) bond motifs is 3. The van der Waals surface area contributed by atoms with E-state index in [1.54, 1.807) is 6.20 Å². The fourth-order valence-corrected chi connectivity index (χ4v) is 8.44. The largest absolute Gasteiger partial charge is 0.501 e. The Balaban J connectivity index is 0.000000188. The summed E-state index contributed by atoms with van der Waals surface area (Å²) in [4.78, 5) is 9.06. The Kier molecular flexibility index (Phi) is 9.81. The van der Waals surface area contributed by atoms with Crippen molar-refractivity contribution in [3.63, 3.8) is 0 Å². The Morgan fingerprint density at radius 1 is 0.745 bits per heavy atom. The normalized spacial score (nSPS) is 12.5. The number of hydrogen-bond acceptors (Lipinski definition) is 3. The van der Waals surface area contributed by atoms with Crippen LogP contribution in [0.25, 0.3) is 55.6 Å². The van der Waals surface area contributed by atoms with Crippen LogP contribution in [0.4, 0.5) is 0 Å². The first-order chi connectivity index (χ1) is 22.8. The van der Waals surface area contributed by atoms with E-state index in [1.165, 1.54) is 5.56 Å². The van der Waals surface area contributed by atoms with Crippen molar-refractivity contribution < 1.29 is 27.3 Å². The molecule has 5 heteroatoms. The standard InChI is InChI=1S/C23H14NO.C19H26GeN.Ir/c1-2-7-16(8-3-1)17-12-13-18-19-9-6-10-20(21-11-4-5-14-24-21)23(19)25-22(18)15-17;1-19(2,3)13-16-12-18(15-10-8-7-9-11-15)21-14-17(16)20(4,5)6;/h1-9,11-15H;7-10,12,14H,13H2,1-6H3;/q2*-1;/i;13D2;. The number of nitrogens with zero attached hydrogens (tertiary/aromatic N) is 2. The molecule has 0 unspecified atom stereocenters. The van der Waals surface area contributed by atoms with E-state index in [2.05, 4.69) is 75.8 Å². The fraction of sp³-hybridized carbons (Fsp3) is 0.190. The minimum Gasteiger partial charge on any atom is -0.501 e. The second kappa shape index (κ2) is 14.5. The summed E-state index contributed by atoms with van der Waals surface area (Å²) in [5.74, 6) is 6.86. The molecule has 0 aliphatic heterocycles. The first-order valence-corrected chi connectivity index (χ1v) is 23.0. The van der Waals surface area contributed by atoms with Gasteiger partial charge in [0.2, 0.25) is 0 Å². The second-order valence-electron chi connectivity index (χ2n) is 13.5. The van der Waals surface area contributed by atoms with Crippen LogP contribution in [0.5, 0.6) is 0 Å². The summed E-state index contributed by atoms with van der Waals surface area (Å²) in [6, 6.07) is 42.7. The summed E-state index contributed by atoms with van der Waals surface area (Å²) in [7, 11) is 0. The molecule has 0 atom stereocenters. The van der Waals surface area contributed by atoms with Crippen molar-refractivity contribution in [3.05, 3.63) is 139 Å². The van der Waals surface area contributed by atoms with Crippen LogP contribution >= 0.6 is 0 Å². The predicted octanol–water partition coefficient (Wildman–Crippen LogP) is 10.8. The van der Waals surface area contributed by atoms with Crippen molar-refractivity contribution >= 4 is 39.6 Å². The molecule has 3 aromatic heterocycles. The smallest absolute Gasteiger partial charge is 0.121 e. The van der Waals surface area contributed by atoms with Crippen molar-refractivity contribution in [1.82, 2.24) is 9.97 Å². The summed E-state index contributed by atoms with van der Waals surface area (Å²) >= 11 is -2.24. The minimum absolute atomic E-state index is 0. The third-order valence-corrected chi connectivity index (χ3v) is 11.9. The minimum atomic E-state index is -2.24. The average molecular weight is 856 g/mol. The van der Waals surface area contributed by atoms with Crippen molar-refractivity contribution in [1.29, 1.82) is 0 Å². The fourth-order valence-electron chi connectivity index (χ4n) is 5.51. The molecule has 0 bridgehead atoms. The van der Waals surface area contributed by atoms with Gasteiger partial charge in [-0.3, -0.25) is 0 Å². The number of aromatic nitrogens is 2. The van der Waals surface area contributed by atoms with E-state index in [-0.39, 0.29) is 20.1 Å². The summed E-state index contributed by atoms with van der Waals surface area (Å²) in [5, 5.41) is 2.20. The zero-order valence-corrected chi connectivity index (χ0v) is 32.2. The summed E-state index contributed by atoms with van der Waals surface area (Å²) < 4.78 is 24.9. The van der Waals surface area contributed by atoms with Gasteiger partial charge in [-0.2, -0.15) is 0 Å².